The van der Waals surface area contributed by atoms with Crippen LogP contribution in [0.25, 0.3) is 0 Å². The van der Waals surface area contributed by atoms with E-state index < -0.39 is 0 Å². The first-order valence-corrected chi connectivity index (χ1v) is 5.64. The monoisotopic (exact) mass is 192 g/mol. The molecule has 14 heavy (non-hydrogen) atoms. The standard InChI is InChI=1S/C12H20N2/c13-11-8-4-5-9-12(11,14)10-6-2-1-3-7-10/h4-5,8-11H,1-3,6-7,13-14H2. The Kier molecular flexibility index (Phi) is 2.75. The number of rotatable bonds is 1. The summed E-state index contributed by atoms with van der Waals surface area (Å²) in [7, 11) is 0. The van der Waals surface area contributed by atoms with Crippen LogP contribution < -0.4 is 11.5 Å². The first kappa shape index (κ1) is 9.94. The van der Waals surface area contributed by atoms with E-state index in [1.54, 1.807) is 0 Å². The molecule has 0 spiro atoms. The van der Waals surface area contributed by atoms with Crippen molar-refractivity contribution < 1.29 is 0 Å². The van der Waals surface area contributed by atoms with Crippen LogP contribution in [-0.4, -0.2) is 11.6 Å². The van der Waals surface area contributed by atoms with Crippen LogP contribution in [0.4, 0.5) is 0 Å². The predicted molar refractivity (Wildman–Crippen MR) is 59.7 cm³/mol. The van der Waals surface area contributed by atoms with Gasteiger partial charge in [-0.2, -0.15) is 0 Å². The van der Waals surface area contributed by atoms with Crippen molar-refractivity contribution in [2.24, 2.45) is 17.4 Å². The highest BCUT2D eigenvalue weighted by atomic mass is 14.9. The van der Waals surface area contributed by atoms with Gasteiger partial charge in [0.1, 0.15) is 0 Å². The molecule has 0 aromatic heterocycles. The molecule has 1 saturated carbocycles. The molecular weight excluding hydrogens is 172 g/mol. The molecule has 0 saturated heterocycles. The van der Waals surface area contributed by atoms with E-state index in [1.807, 2.05) is 18.2 Å². The molecule has 2 atom stereocenters. The normalized spacial score (nSPS) is 38.9. The molecule has 0 radical (unpaired) electrons. The fourth-order valence-corrected chi connectivity index (χ4v) is 2.69. The van der Waals surface area contributed by atoms with Gasteiger partial charge in [-0.1, -0.05) is 43.6 Å². The fraction of sp³-hybridized carbons (Fsp3) is 0.667. The maximum atomic E-state index is 6.41. The van der Waals surface area contributed by atoms with Crippen LogP contribution in [0.3, 0.4) is 0 Å². The van der Waals surface area contributed by atoms with E-state index >= 15 is 0 Å². The smallest absolute Gasteiger partial charge is 0.0560 e. The highest BCUT2D eigenvalue weighted by Crippen LogP contribution is 2.35. The van der Waals surface area contributed by atoms with Gasteiger partial charge in [-0.3, -0.25) is 0 Å². The molecule has 2 aliphatic rings. The minimum atomic E-state index is -0.283. The lowest BCUT2D eigenvalue weighted by atomic mass is 9.70. The van der Waals surface area contributed by atoms with E-state index in [-0.39, 0.29) is 11.6 Å². The third-order valence-electron chi connectivity index (χ3n) is 3.70. The zero-order chi connectivity index (χ0) is 10.0. The van der Waals surface area contributed by atoms with Gasteiger partial charge in [-0.25, -0.2) is 0 Å². The van der Waals surface area contributed by atoms with Gasteiger partial charge >= 0.3 is 0 Å². The average molecular weight is 192 g/mol. The Morgan fingerprint density at radius 2 is 1.79 bits per heavy atom. The molecule has 2 aliphatic carbocycles. The van der Waals surface area contributed by atoms with Crippen molar-refractivity contribution in [1.29, 1.82) is 0 Å². The van der Waals surface area contributed by atoms with Gasteiger partial charge in [0, 0.05) is 6.04 Å². The second-order valence-electron chi connectivity index (χ2n) is 4.60. The minimum absolute atomic E-state index is 0.00407. The Morgan fingerprint density at radius 1 is 1.07 bits per heavy atom. The van der Waals surface area contributed by atoms with Crippen molar-refractivity contribution in [2.45, 2.75) is 43.7 Å². The second kappa shape index (κ2) is 3.87. The van der Waals surface area contributed by atoms with Crippen molar-refractivity contribution in [1.82, 2.24) is 0 Å². The summed E-state index contributed by atoms with van der Waals surface area (Å²) in [6, 6.07) is -0.00407. The Morgan fingerprint density at radius 3 is 2.43 bits per heavy atom. The minimum Gasteiger partial charge on any atom is -0.323 e. The average Bonchev–Trinajstić information content (AvgIpc) is 2.24. The summed E-state index contributed by atoms with van der Waals surface area (Å²) >= 11 is 0. The Bertz CT molecular complexity index is 251. The van der Waals surface area contributed by atoms with Crippen molar-refractivity contribution in [2.75, 3.05) is 0 Å². The lowest BCUT2D eigenvalue weighted by molar-refractivity contribution is 0.231. The maximum Gasteiger partial charge on any atom is 0.0560 e. The van der Waals surface area contributed by atoms with Gasteiger partial charge in [0.15, 0.2) is 0 Å². The first-order chi connectivity index (χ1) is 6.73. The number of nitrogens with two attached hydrogens (primary N) is 2. The van der Waals surface area contributed by atoms with E-state index in [4.69, 9.17) is 11.5 Å². The Hall–Kier alpha value is -0.600. The second-order valence-corrected chi connectivity index (χ2v) is 4.60. The van der Waals surface area contributed by atoms with Crippen LogP contribution in [0.5, 0.6) is 0 Å². The number of allylic oxidation sites excluding steroid dienone is 2. The van der Waals surface area contributed by atoms with Crippen molar-refractivity contribution in [3.63, 3.8) is 0 Å². The first-order valence-electron chi connectivity index (χ1n) is 5.64. The summed E-state index contributed by atoms with van der Waals surface area (Å²) < 4.78 is 0. The summed E-state index contributed by atoms with van der Waals surface area (Å²) in [6.45, 7) is 0. The highest BCUT2D eigenvalue weighted by molar-refractivity contribution is 5.27. The third-order valence-corrected chi connectivity index (χ3v) is 3.70. The van der Waals surface area contributed by atoms with Crippen LogP contribution in [-0.2, 0) is 0 Å². The van der Waals surface area contributed by atoms with Gasteiger partial charge in [0.25, 0.3) is 0 Å². The molecule has 0 heterocycles. The SMILES string of the molecule is NC1C=CC=CC1(N)C1CCCCC1. The van der Waals surface area contributed by atoms with Crippen molar-refractivity contribution in [3.8, 4) is 0 Å². The van der Waals surface area contributed by atoms with Crippen LogP contribution in [0.2, 0.25) is 0 Å². The van der Waals surface area contributed by atoms with Crippen LogP contribution in [0.15, 0.2) is 24.3 Å². The lowest BCUT2D eigenvalue weighted by Crippen LogP contribution is -2.59. The Balaban J connectivity index is 2.13. The summed E-state index contributed by atoms with van der Waals surface area (Å²) in [5.41, 5.74) is 12.2. The van der Waals surface area contributed by atoms with Crippen molar-refractivity contribution >= 4 is 0 Å². The molecule has 2 heteroatoms. The molecule has 1 fully saturated rings. The van der Waals surface area contributed by atoms with Crippen LogP contribution in [0.1, 0.15) is 32.1 Å². The molecule has 78 valence electrons. The molecule has 4 N–H and O–H groups in total. The van der Waals surface area contributed by atoms with E-state index in [9.17, 15) is 0 Å². The summed E-state index contributed by atoms with van der Waals surface area (Å²) in [5, 5.41) is 0. The summed E-state index contributed by atoms with van der Waals surface area (Å²) in [4.78, 5) is 0. The van der Waals surface area contributed by atoms with Crippen LogP contribution in [0, 0.1) is 5.92 Å². The fourth-order valence-electron chi connectivity index (χ4n) is 2.69. The largest absolute Gasteiger partial charge is 0.323 e. The van der Waals surface area contributed by atoms with Gasteiger partial charge < -0.3 is 11.5 Å². The summed E-state index contributed by atoms with van der Waals surface area (Å²) in [6.07, 6.45) is 14.6. The van der Waals surface area contributed by atoms with E-state index in [0.717, 1.165) is 0 Å². The third kappa shape index (κ3) is 1.64. The molecule has 2 nitrogen and oxygen atoms in total. The topological polar surface area (TPSA) is 52.0 Å². The molecule has 2 unspecified atom stereocenters. The molecular formula is C12H20N2. The molecule has 0 amide bonds. The van der Waals surface area contributed by atoms with Crippen molar-refractivity contribution in [3.05, 3.63) is 24.3 Å². The van der Waals surface area contributed by atoms with Gasteiger partial charge in [0.2, 0.25) is 0 Å². The van der Waals surface area contributed by atoms with E-state index in [2.05, 4.69) is 6.08 Å². The molecule has 0 aromatic rings. The lowest BCUT2D eigenvalue weighted by Gasteiger charge is -2.41. The van der Waals surface area contributed by atoms with Gasteiger partial charge in [-0.05, 0) is 18.8 Å². The zero-order valence-electron chi connectivity index (χ0n) is 8.65. The van der Waals surface area contributed by atoms with E-state index in [0.29, 0.717) is 5.92 Å². The molecule has 0 aliphatic heterocycles. The molecule has 0 bridgehead atoms. The quantitative estimate of drug-likeness (QED) is 0.664. The van der Waals surface area contributed by atoms with E-state index in [1.165, 1.54) is 32.1 Å². The molecule has 0 aromatic carbocycles. The van der Waals surface area contributed by atoms with Gasteiger partial charge in [-0.15, -0.1) is 0 Å². The maximum absolute atomic E-state index is 6.41. The Labute approximate surface area is 86.0 Å². The van der Waals surface area contributed by atoms with Crippen LogP contribution >= 0.6 is 0 Å². The number of hydrogen-bond acceptors (Lipinski definition) is 2. The highest BCUT2D eigenvalue weighted by Gasteiger charge is 2.38. The zero-order valence-corrected chi connectivity index (χ0v) is 8.65. The summed E-state index contributed by atoms with van der Waals surface area (Å²) in [5.74, 6) is 0.576. The van der Waals surface area contributed by atoms with Gasteiger partial charge in [0.05, 0.1) is 5.54 Å². The number of hydrogen-bond donors (Lipinski definition) is 2. The predicted octanol–water partition coefficient (Wildman–Crippen LogP) is 1.72. The molecule has 2 rings (SSSR count).